The van der Waals surface area contributed by atoms with Gasteiger partial charge in [0.25, 0.3) is 5.56 Å². The molecule has 112 heavy (non-hydrogen) atoms. The quantitative estimate of drug-likeness (QED) is 0.0716. The first kappa shape index (κ1) is 72.8. The van der Waals surface area contributed by atoms with Crippen molar-refractivity contribution in [1.29, 1.82) is 0 Å². The molecule has 0 aliphatic heterocycles. The van der Waals surface area contributed by atoms with Crippen LogP contribution in [0.1, 0.15) is 88.1 Å². The summed E-state index contributed by atoms with van der Waals surface area (Å²) in [5, 5.41) is 9.04. The number of anilines is 2. The molecule has 3 aromatic carbocycles. The van der Waals surface area contributed by atoms with Crippen LogP contribution in [0.15, 0.2) is 266 Å². The number of halogens is 3. The maximum atomic E-state index is 14.5. The minimum absolute atomic E-state index is 0.141. The highest BCUT2D eigenvalue weighted by Gasteiger charge is 2.30. The molecule has 3 unspecified atom stereocenters. The fraction of sp³-hybridized carbons (Fsp3) is 0.0930. The van der Waals surface area contributed by atoms with Crippen LogP contribution in [0.2, 0.25) is 0 Å². The van der Waals surface area contributed by atoms with Gasteiger partial charge in [0.15, 0.2) is 17.0 Å². The van der Waals surface area contributed by atoms with Crippen molar-refractivity contribution < 1.29 is 22.8 Å². The molecule has 2 aliphatic rings. The van der Waals surface area contributed by atoms with E-state index in [0.29, 0.717) is 131 Å². The van der Waals surface area contributed by atoms with Gasteiger partial charge in [0.2, 0.25) is 0 Å². The van der Waals surface area contributed by atoms with Crippen molar-refractivity contribution >= 4 is 66.9 Å². The summed E-state index contributed by atoms with van der Waals surface area (Å²) >= 11 is 0. The number of fused-ring (bicyclic) bond motifs is 6. The molecule has 0 spiro atoms. The summed E-state index contributed by atoms with van der Waals surface area (Å²) in [6, 6.07) is 47.7. The summed E-state index contributed by atoms with van der Waals surface area (Å²) in [7, 11) is 0. The number of carbonyl (C=O) groups excluding carboxylic acids is 2. The Morgan fingerprint density at radius 1 is 0.393 bits per heavy atom. The van der Waals surface area contributed by atoms with Gasteiger partial charge in [-0.2, -0.15) is 0 Å². The van der Waals surface area contributed by atoms with Gasteiger partial charge in [0.05, 0.1) is 103 Å². The van der Waals surface area contributed by atoms with Gasteiger partial charge in [-0.25, -0.2) is 48.1 Å². The molecule has 548 valence electrons. The van der Waals surface area contributed by atoms with Crippen molar-refractivity contribution in [3.05, 3.63) is 334 Å². The number of nitrogens with one attached hydrogen (secondary N) is 4. The monoisotopic (exact) mass is 1480 g/mol. The van der Waals surface area contributed by atoms with E-state index in [1.54, 1.807) is 79.8 Å². The Labute approximate surface area is 636 Å². The number of carbonyl (C=O) groups is 2. The van der Waals surface area contributed by atoms with E-state index in [2.05, 4.69) is 75.4 Å². The number of hydrogen-bond acceptors (Lipinski definition) is 21. The molecule has 0 fully saturated rings. The van der Waals surface area contributed by atoms with Gasteiger partial charge in [0.1, 0.15) is 58.3 Å². The lowest BCUT2D eigenvalue weighted by Crippen LogP contribution is -2.22. The molecule has 3 atom stereocenters. The lowest BCUT2D eigenvalue weighted by molar-refractivity contribution is 0.103. The number of benzene rings is 3. The summed E-state index contributed by atoms with van der Waals surface area (Å²) in [6.07, 6.45) is 23.5. The van der Waals surface area contributed by atoms with Crippen molar-refractivity contribution in [2.24, 2.45) is 5.73 Å². The summed E-state index contributed by atoms with van der Waals surface area (Å²) in [5.41, 5.74) is 20.5. The number of rotatable bonds is 13. The SMILES string of the molecule is CC(N)c1nc2ccc(F)cc2c(-c2ccccn2)c1-c1ccccn1.CC(Nc1ncnc2[nH]ccc(=O)c12)c1nc2ccc(F)cc2c(-c2ccccn2)c1-c1ccccn1.CC(Nc1ncnc2c1C(=O)C=CC2)c1nc2ccc(F)cc2c(-c2ccccn2)c1-c1ccccn1.O=C1C=CCc2nc[nH]c(=O)c21. The Balaban J connectivity index is 0.000000125. The number of H-pyrrole nitrogens is 2. The van der Waals surface area contributed by atoms with Crippen LogP contribution in [-0.2, 0) is 12.8 Å². The zero-order chi connectivity index (χ0) is 77.4. The molecule has 0 amide bonds. The third-order valence-electron chi connectivity index (χ3n) is 18.5. The third-order valence-corrected chi connectivity index (χ3v) is 18.5. The second kappa shape index (κ2) is 32.3. The molecule has 13 aromatic heterocycles. The van der Waals surface area contributed by atoms with Crippen LogP contribution < -0.4 is 27.4 Å². The molecule has 23 nitrogen and oxygen atoms in total. The van der Waals surface area contributed by atoms with Crippen LogP contribution in [0.5, 0.6) is 0 Å². The van der Waals surface area contributed by atoms with E-state index in [1.165, 1.54) is 67.5 Å². The Bertz CT molecular complexity index is 6430. The summed E-state index contributed by atoms with van der Waals surface area (Å²) in [4.78, 5) is 116. The van der Waals surface area contributed by atoms with Crippen molar-refractivity contribution in [3.63, 3.8) is 0 Å². The molecule has 2 aliphatic carbocycles. The molecule has 16 aromatic rings. The lowest BCUT2D eigenvalue weighted by atomic mass is 9.92. The predicted molar refractivity (Wildman–Crippen MR) is 423 cm³/mol. The largest absolute Gasteiger partial charge is 0.361 e. The first-order valence-electron chi connectivity index (χ1n) is 35.4. The number of hydrogen-bond donors (Lipinski definition) is 5. The van der Waals surface area contributed by atoms with E-state index in [4.69, 9.17) is 20.7 Å². The van der Waals surface area contributed by atoms with Crippen LogP contribution in [0, 0.1) is 17.5 Å². The highest BCUT2D eigenvalue weighted by atomic mass is 19.1. The van der Waals surface area contributed by atoms with Crippen LogP contribution >= 0.6 is 0 Å². The number of aromatic nitrogens is 16. The second-order valence-electron chi connectivity index (χ2n) is 25.9. The number of allylic oxidation sites excluding steroid dienone is 4. The predicted octanol–water partition coefficient (Wildman–Crippen LogP) is 15.6. The van der Waals surface area contributed by atoms with E-state index in [0.717, 1.165) is 39.2 Å². The van der Waals surface area contributed by atoms with Gasteiger partial charge in [-0.1, -0.05) is 48.6 Å². The molecule has 13 heterocycles. The highest BCUT2D eigenvalue weighted by molar-refractivity contribution is 6.10. The molecule has 0 bridgehead atoms. The van der Waals surface area contributed by atoms with Crippen LogP contribution in [0.3, 0.4) is 0 Å². The standard InChI is InChI=1S/C29H21FN6O.C28H20FN7O.C21H17FN4.C8H6N2O2/c1-17(35-29-26-22(33-16-34-29)9-6-10-24(26)37)28-27(23-8-3-5-14-32-23)25(21-7-2-4-13-31-21)19-15-18(30)11-12-20(19)36-28;1-16(35-28-25-22(37)10-13-32-27(25)33-15-34-28)26-24(21-7-3-5-12-31-21)23(20-6-2-4-11-30-20)18-14-17(29)8-9-19(18)36-26;1-13(23)21-20(18-7-3-5-11-25-18)19(17-6-2-4-10-24-17)15-12-14(22)8-9-16(15)26-21;11-6-3-1-2-5-7(6)8(12)10-4-9-5/h2-8,10-17H,9H2,1H3,(H,33,34,35);2-16H,1H3,(H2,32,33,34,35,37);2-13H,23H2,1H3;1,3-4H,2H2,(H,9,10,12). The van der Waals surface area contributed by atoms with Crippen LogP contribution in [-0.4, -0.2) is 91.3 Å². The maximum absolute atomic E-state index is 14.5. The average Bonchev–Trinajstić information content (AvgIpc) is 0.757. The Kier molecular flexibility index (Phi) is 21.0. The average molecular weight is 1480 g/mol. The van der Waals surface area contributed by atoms with Gasteiger partial charge in [0, 0.05) is 118 Å². The summed E-state index contributed by atoms with van der Waals surface area (Å²) in [5.74, 6) is -0.633. The maximum Gasteiger partial charge on any atom is 0.262 e. The van der Waals surface area contributed by atoms with Crippen molar-refractivity contribution in [1.82, 2.24) is 79.7 Å². The fourth-order valence-electron chi connectivity index (χ4n) is 13.5. The lowest BCUT2D eigenvalue weighted by Gasteiger charge is -2.23. The molecule has 0 radical (unpaired) electrons. The Morgan fingerprint density at radius 3 is 1.20 bits per heavy atom. The van der Waals surface area contributed by atoms with E-state index in [9.17, 15) is 32.3 Å². The van der Waals surface area contributed by atoms with Crippen molar-refractivity contribution in [2.75, 3.05) is 10.6 Å². The van der Waals surface area contributed by atoms with Gasteiger partial charge in [-0.3, -0.25) is 54.1 Å². The van der Waals surface area contributed by atoms with Crippen LogP contribution in [0.4, 0.5) is 24.8 Å². The fourth-order valence-corrected chi connectivity index (χ4v) is 13.5. The van der Waals surface area contributed by atoms with E-state index < -0.39 is 12.1 Å². The summed E-state index contributed by atoms with van der Waals surface area (Å²) < 4.78 is 43.0. The zero-order valence-corrected chi connectivity index (χ0v) is 60.0. The van der Waals surface area contributed by atoms with Gasteiger partial charge in [-0.05, 0) is 160 Å². The second-order valence-corrected chi connectivity index (χ2v) is 25.9. The molecule has 0 saturated heterocycles. The van der Waals surface area contributed by atoms with Crippen molar-refractivity contribution in [2.45, 2.75) is 51.7 Å². The zero-order valence-electron chi connectivity index (χ0n) is 60.0. The van der Waals surface area contributed by atoms with E-state index >= 15 is 0 Å². The first-order valence-corrected chi connectivity index (χ1v) is 35.4. The molecular formula is C86H64F3N19O4. The van der Waals surface area contributed by atoms with E-state index in [1.807, 2.05) is 130 Å². The molecular weight excluding hydrogens is 1420 g/mol. The third kappa shape index (κ3) is 15.1. The minimum atomic E-state index is -0.424. The highest BCUT2D eigenvalue weighted by Crippen LogP contribution is 2.45. The molecule has 6 N–H and O–H groups in total. The molecule has 18 rings (SSSR count). The number of nitrogens with two attached hydrogens (primary N) is 1. The number of pyridine rings is 10. The number of nitrogens with zero attached hydrogens (tertiary/aromatic N) is 14. The van der Waals surface area contributed by atoms with Crippen LogP contribution in [0.25, 0.3) is 111 Å². The first-order chi connectivity index (χ1) is 54.6. The topological polar surface area (TPSA) is 330 Å². The van der Waals surface area contributed by atoms with Crippen molar-refractivity contribution in [3.8, 4) is 67.5 Å². The Morgan fingerprint density at radius 2 is 0.777 bits per heavy atom. The molecule has 26 heteroatoms. The summed E-state index contributed by atoms with van der Waals surface area (Å²) in [6.45, 7) is 5.76. The molecule has 0 saturated carbocycles. The van der Waals surface area contributed by atoms with Gasteiger partial charge < -0.3 is 26.3 Å². The smallest absolute Gasteiger partial charge is 0.262 e. The van der Waals surface area contributed by atoms with Gasteiger partial charge in [-0.15, -0.1) is 0 Å². The van der Waals surface area contributed by atoms with Gasteiger partial charge >= 0.3 is 0 Å². The number of ketones is 2. The Hall–Kier alpha value is -14.8. The normalized spacial score (nSPS) is 12.8. The van der Waals surface area contributed by atoms with E-state index in [-0.39, 0.29) is 51.6 Å². The number of aromatic amines is 2. The minimum Gasteiger partial charge on any atom is -0.361 e.